The van der Waals surface area contributed by atoms with E-state index in [9.17, 15) is 14.4 Å². The number of thioether (sulfide) groups is 1. The summed E-state index contributed by atoms with van der Waals surface area (Å²) in [5.41, 5.74) is 4.94. The van der Waals surface area contributed by atoms with Gasteiger partial charge in [0.1, 0.15) is 0 Å². The molecule has 0 unspecified atom stereocenters. The lowest BCUT2D eigenvalue weighted by atomic mass is 10.0. The van der Waals surface area contributed by atoms with Gasteiger partial charge in [-0.15, -0.1) is 0 Å². The Balaban J connectivity index is 2.09. The van der Waals surface area contributed by atoms with Crippen molar-refractivity contribution in [3.8, 4) is 0 Å². The van der Waals surface area contributed by atoms with Crippen LogP contribution in [0.3, 0.4) is 0 Å². The Hall–Kier alpha value is -1.24. The number of hydrogen-bond acceptors (Lipinski definition) is 4. The van der Waals surface area contributed by atoms with Crippen LogP contribution in [-0.2, 0) is 14.4 Å². The number of carbonyl (C=O) groups is 3. The number of rotatable bonds is 6. The highest BCUT2D eigenvalue weighted by atomic mass is 32.2. The molecule has 1 aliphatic heterocycles. The van der Waals surface area contributed by atoms with Crippen LogP contribution in [-0.4, -0.2) is 52.4 Å². The number of primary amides is 1. The molecule has 1 heterocycles. The van der Waals surface area contributed by atoms with E-state index in [0.717, 1.165) is 0 Å². The van der Waals surface area contributed by atoms with E-state index in [0.29, 0.717) is 25.3 Å². The molecule has 1 saturated heterocycles. The fraction of sp³-hybridized carbons (Fsp3) is 0.667. The Morgan fingerprint density at radius 1 is 1.38 bits per heavy atom. The number of nitrogens with zero attached hydrogens (tertiary/aromatic N) is 1. The second-order valence-corrected chi connectivity index (χ2v) is 4.71. The van der Waals surface area contributed by atoms with Gasteiger partial charge in [0.05, 0.1) is 11.7 Å². The van der Waals surface area contributed by atoms with Crippen molar-refractivity contribution in [2.75, 3.05) is 24.6 Å². The number of carboxylic acid groups (broad SMARTS) is 1. The molecule has 90 valence electrons. The predicted octanol–water partition coefficient (Wildman–Crippen LogP) is -0.862. The number of carboxylic acids is 1. The number of hydrogen-bond donors (Lipinski definition) is 2. The highest BCUT2D eigenvalue weighted by Crippen LogP contribution is 2.17. The van der Waals surface area contributed by atoms with E-state index in [1.165, 1.54) is 16.7 Å². The molecule has 0 aromatic heterocycles. The minimum absolute atomic E-state index is 0.0607. The van der Waals surface area contributed by atoms with Gasteiger partial charge in [-0.05, 0) is 0 Å². The van der Waals surface area contributed by atoms with Gasteiger partial charge < -0.3 is 15.7 Å². The first-order valence-corrected chi connectivity index (χ1v) is 6.03. The number of nitrogens with two attached hydrogens (primary N) is 1. The molecular formula is C9H14N2O4S. The molecule has 6 nitrogen and oxygen atoms in total. The summed E-state index contributed by atoms with van der Waals surface area (Å²) in [6.07, 6.45) is 0.324. The maximum Gasteiger partial charge on any atom is 0.310 e. The molecule has 1 aliphatic rings. The van der Waals surface area contributed by atoms with Crippen LogP contribution < -0.4 is 5.73 Å². The molecule has 0 atom stereocenters. The van der Waals surface area contributed by atoms with Crippen LogP contribution in [0.25, 0.3) is 0 Å². The topological polar surface area (TPSA) is 101 Å². The molecule has 0 spiro atoms. The summed E-state index contributed by atoms with van der Waals surface area (Å²) in [6, 6.07) is 0. The molecule has 0 saturated carbocycles. The van der Waals surface area contributed by atoms with Gasteiger partial charge in [0.15, 0.2) is 0 Å². The number of aliphatic carboxylic acids is 1. The van der Waals surface area contributed by atoms with Gasteiger partial charge in [0.2, 0.25) is 11.8 Å². The first-order valence-electron chi connectivity index (χ1n) is 4.87. The third-order valence-corrected chi connectivity index (χ3v) is 3.27. The average Bonchev–Trinajstić information content (AvgIpc) is 2.08. The van der Waals surface area contributed by atoms with Crippen LogP contribution in [0, 0.1) is 5.92 Å². The minimum Gasteiger partial charge on any atom is -0.481 e. The van der Waals surface area contributed by atoms with Gasteiger partial charge in [-0.25, -0.2) is 0 Å². The van der Waals surface area contributed by atoms with Gasteiger partial charge in [-0.1, -0.05) is 0 Å². The van der Waals surface area contributed by atoms with E-state index in [1.54, 1.807) is 0 Å². The molecule has 0 aromatic carbocycles. The molecule has 2 amide bonds. The fourth-order valence-electron chi connectivity index (χ4n) is 1.33. The van der Waals surface area contributed by atoms with E-state index < -0.39 is 17.8 Å². The molecule has 3 N–H and O–H groups in total. The summed E-state index contributed by atoms with van der Waals surface area (Å²) in [6.45, 7) is 0.601. The monoisotopic (exact) mass is 246 g/mol. The first-order chi connectivity index (χ1) is 7.50. The van der Waals surface area contributed by atoms with E-state index >= 15 is 0 Å². The van der Waals surface area contributed by atoms with Gasteiger partial charge in [0, 0.05) is 25.3 Å². The largest absolute Gasteiger partial charge is 0.481 e. The smallest absolute Gasteiger partial charge is 0.310 e. The Labute approximate surface area is 97.2 Å². The van der Waals surface area contributed by atoms with Crippen LogP contribution in [0.5, 0.6) is 0 Å². The highest BCUT2D eigenvalue weighted by molar-refractivity contribution is 7.99. The molecule has 0 bridgehead atoms. The van der Waals surface area contributed by atoms with Crippen LogP contribution in [0.2, 0.25) is 0 Å². The normalized spacial score (nSPS) is 15.6. The lowest BCUT2D eigenvalue weighted by Crippen LogP contribution is -2.53. The molecular weight excluding hydrogens is 232 g/mol. The predicted molar refractivity (Wildman–Crippen MR) is 58.8 cm³/mol. The lowest BCUT2D eigenvalue weighted by Gasteiger charge is -2.36. The second-order valence-electron chi connectivity index (χ2n) is 3.60. The van der Waals surface area contributed by atoms with Crippen molar-refractivity contribution in [1.29, 1.82) is 0 Å². The van der Waals surface area contributed by atoms with E-state index in [2.05, 4.69) is 0 Å². The Kier molecular flexibility index (Phi) is 4.60. The van der Waals surface area contributed by atoms with Crippen molar-refractivity contribution in [3.63, 3.8) is 0 Å². The van der Waals surface area contributed by atoms with E-state index in [4.69, 9.17) is 10.8 Å². The zero-order valence-corrected chi connectivity index (χ0v) is 9.53. The summed E-state index contributed by atoms with van der Waals surface area (Å²) in [7, 11) is 0. The van der Waals surface area contributed by atoms with Crippen LogP contribution in [0.15, 0.2) is 0 Å². The number of likely N-dealkylation sites (tertiary alicyclic amines) is 1. The summed E-state index contributed by atoms with van der Waals surface area (Å²) in [4.78, 5) is 33.9. The third-order valence-electron chi connectivity index (χ3n) is 2.29. The SMILES string of the molecule is NC(=O)CSCCC(=O)N1CC(C(=O)O)C1. The number of carbonyl (C=O) groups excluding carboxylic acids is 2. The zero-order valence-electron chi connectivity index (χ0n) is 8.72. The van der Waals surface area contributed by atoms with Crippen LogP contribution in [0.4, 0.5) is 0 Å². The maximum absolute atomic E-state index is 11.4. The Bertz CT molecular complexity index is 302. The molecule has 16 heavy (non-hydrogen) atoms. The van der Waals surface area contributed by atoms with Crippen molar-refractivity contribution in [1.82, 2.24) is 4.90 Å². The zero-order chi connectivity index (χ0) is 12.1. The standard InChI is InChI=1S/C9H14N2O4S/c10-7(12)5-16-2-1-8(13)11-3-6(4-11)9(14)15/h6H,1-5H2,(H2,10,12)(H,14,15). The Morgan fingerprint density at radius 2 is 2.00 bits per heavy atom. The average molecular weight is 246 g/mol. The molecule has 7 heteroatoms. The second kappa shape index (κ2) is 5.74. The fourth-order valence-corrected chi connectivity index (χ4v) is 1.99. The molecule has 1 fully saturated rings. The third kappa shape index (κ3) is 3.73. The molecule has 0 aliphatic carbocycles. The number of amides is 2. The van der Waals surface area contributed by atoms with Gasteiger partial charge in [-0.2, -0.15) is 11.8 Å². The van der Waals surface area contributed by atoms with Crippen molar-refractivity contribution in [2.45, 2.75) is 6.42 Å². The van der Waals surface area contributed by atoms with Crippen LogP contribution in [0.1, 0.15) is 6.42 Å². The van der Waals surface area contributed by atoms with Crippen molar-refractivity contribution >= 4 is 29.5 Å². The summed E-state index contributed by atoms with van der Waals surface area (Å²) in [5.74, 6) is -0.975. The van der Waals surface area contributed by atoms with Crippen molar-refractivity contribution in [3.05, 3.63) is 0 Å². The minimum atomic E-state index is -0.854. The molecule has 1 rings (SSSR count). The van der Waals surface area contributed by atoms with E-state index in [1.807, 2.05) is 0 Å². The summed E-state index contributed by atoms with van der Waals surface area (Å²) >= 11 is 1.31. The Morgan fingerprint density at radius 3 is 2.50 bits per heavy atom. The van der Waals surface area contributed by atoms with Gasteiger partial charge in [0.25, 0.3) is 0 Å². The highest BCUT2D eigenvalue weighted by Gasteiger charge is 2.34. The van der Waals surface area contributed by atoms with E-state index in [-0.39, 0.29) is 11.7 Å². The van der Waals surface area contributed by atoms with Crippen LogP contribution >= 0.6 is 11.8 Å². The maximum atomic E-state index is 11.4. The molecule has 0 radical (unpaired) electrons. The first kappa shape index (κ1) is 12.8. The summed E-state index contributed by atoms with van der Waals surface area (Å²) < 4.78 is 0. The lowest BCUT2D eigenvalue weighted by molar-refractivity contribution is -0.152. The quantitative estimate of drug-likeness (QED) is 0.594. The summed E-state index contributed by atoms with van der Waals surface area (Å²) in [5, 5.41) is 8.61. The van der Waals surface area contributed by atoms with Crippen molar-refractivity contribution < 1.29 is 19.5 Å². The molecule has 0 aromatic rings. The van der Waals surface area contributed by atoms with Gasteiger partial charge >= 0.3 is 5.97 Å². The van der Waals surface area contributed by atoms with Gasteiger partial charge in [-0.3, -0.25) is 14.4 Å². The van der Waals surface area contributed by atoms with Crippen molar-refractivity contribution in [2.24, 2.45) is 11.7 Å².